The monoisotopic (exact) mass is 312 g/mol. The van der Waals surface area contributed by atoms with Gasteiger partial charge in [-0.25, -0.2) is 0 Å². The molecule has 0 bridgehead atoms. The molecule has 1 aliphatic heterocycles. The van der Waals surface area contributed by atoms with Crippen LogP contribution in [0.25, 0.3) is 0 Å². The molecule has 1 aromatic carbocycles. The van der Waals surface area contributed by atoms with Crippen LogP contribution in [0.3, 0.4) is 0 Å². The lowest BCUT2D eigenvalue weighted by Crippen LogP contribution is -1.91. The van der Waals surface area contributed by atoms with Gasteiger partial charge in [0.1, 0.15) is 6.10 Å². The van der Waals surface area contributed by atoms with Crippen molar-refractivity contribution in [2.24, 2.45) is 0 Å². The van der Waals surface area contributed by atoms with Crippen molar-refractivity contribution >= 4 is 22.6 Å². The molecule has 0 amide bonds. The molecular weight excluding hydrogens is 299 g/mol. The van der Waals surface area contributed by atoms with E-state index in [1.807, 2.05) is 6.07 Å². The highest BCUT2D eigenvalue weighted by Gasteiger charge is 2.39. The van der Waals surface area contributed by atoms with Gasteiger partial charge in [0.25, 0.3) is 0 Å². The number of hydrogen-bond donors (Lipinski definition) is 0. The van der Waals surface area contributed by atoms with Crippen LogP contribution in [-0.4, -0.2) is 6.10 Å². The molecule has 1 heterocycles. The lowest BCUT2D eigenvalue weighted by Gasteiger charge is -1.99. The highest BCUT2D eigenvalue weighted by molar-refractivity contribution is 14.1. The van der Waals surface area contributed by atoms with E-state index in [0.29, 0.717) is 12.2 Å². The zero-order chi connectivity index (χ0) is 10.7. The second kappa shape index (κ2) is 5.00. The average molecular weight is 312 g/mol. The maximum Gasteiger partial charge on any atom is 0.110 e. The van der Waals surface area contributed by atoms with Crippen LogP contribution in [0.5, 0.6) is 0 Å². The molecule has 15 heavy (non-hydrogen) atoms. The zero-order valence-electron chi connectivity index (χ0n) is 8.66. The Morgan fingerprint density at radius 2 is 2.20 bits per heavy atom. The van der Waals surface area contributed by atoms with Crippen molar-refractivity contribution in [1.82, 2.24) is 0 Å². The molecule has 0 aliphatic carbocycles. The quantitative estimate of drug-likeness (QED) is 0.471. The molecule has 1 saturated heterocycles. The Labute approximate surface area is 104 Å². The number of halogens is 1. The lowest BCUT2D eigenvalue weighted by molar-refractivity contribution is 0.364. The van der Waals surface area contributed by atoms with Gasteiger partial charge in [-0.05, 0) is 22.0 Å². The molecule has 0 aromatic heterocycles. The van der Waals surface area contributed by atoms with Crippen LogP contribution >= 0.6 is 22.6 Å². The van der Waals surface area contributed by atoms with Gasteiger partial charge in [-0.2, -0.15) is 0 Å². The topological polar surface area (TPSA) is 12.5 Å². The van der Waals surface area contributed by atoms with E-state index in [2.05, 4.69) is 57.6 Å². The predicted octanol–water partition coefficient (Wildman–Crippen LogP) is 3.67. The maximum atomic E-state index is 5.66. The van der Waals surface area contributed by atoms with Gasteiger partial charge in [0, 0.05) is 28.2 Å². The van der Waals surface area contributed by atoms with Crippen LogP contribution in [0.2, 0.25) is 0 Å². The van der Waals surface area contributed by atoms with Crippen molar-refractivity contribution in [1.29, 1.82) is 0 Å². The molecule has 2 heteroatoms. The Morgan fingerprint density at radius 1 is 1.40 bits per heavy atom. The molecule has 1 aromatic rings. The molecule has 1 fully saturated rings. The Kier molecular flexibility index (Phi) is 3.66. The van der Waals surface area contributed by atoms with Crippen LogP contribution in [-0.2, 0) is 4.74 Å². The number of rotatable bonds is 3. The fourth-order valence-electron chi connectivity index (χ4n) is 1.83. The fraction of sp³-hybridized carbons (Fsp3) is 0.385. The summed E-state index contributed by atoms with van der Waals surface area (Å²) < 4.78 is 8.58. The smallest absolute Gasteiger partial charge is 0.110 e. The first-order valence-electron chi connectivity index (χ1n) is 5.23. The second-order valence-corrected chi connectivity index (χ2v) is 4.23. The summed E-state index contributed by atoms with van der Waals surface area (Å²) >= 11 is 2.07. The fourth-order valence-corrected chi connectivity index (χ4v) is 2.12. The van der Waals surface area contributed by atoms with E-state index >= 15 is 0 Å². The summed E-state index contributed by atoms with van der Waals surface area (Å²) in [6.07, 6.45) is 3.04. The highest BCUT2D eigenvalue weighted by atomic mass is 127. The van der Waals surface area contributed by atoms with E-state index < -0.39 is 0 Å². The minimum absolute atomic E-state index is 0.290. The zero-order valence-corrected chi connectivity index (χ0v) is 10.8. The standard InChI is InChI=1S/C13H13IO/c1-2-5-12-13(15-12)11-7-4-3-6-10(11)8-9-14/h3-4,6-7,12-13H,2,5H2,1H3. The van der Waals surface area contributed by atoms with Crippen LogP contribution in [0.15, 0.2) is 24.3 Å². The van der Waals surface area contributed by atoms with Crippen LogP contribution in [0.1, 0.15) is 37.0 Å². The van der Waals surface area contributed by atoms with Gasteiger partial charge in [-0.15, -0.1) is 0 Å². The summed E-state index contributed by atoms with van der Waals surface area (Å²) in [6.45, 7) is 2.19. The van der Waals surface area contributed by atoms with E-state index in [0.717, 1.165) is 12.0 Å². The van der Waals surface area contributed by atoms with Crippen molar-refractivity contribution in [2.45, 2.75) is 32.0 Å². The van der Waals surface area contributed by atoms with Gasteiger partial charge in [0.2, 0.25) is 0 Å². The van der Waals surface area contributed by atoms with Crippen LogP contribution < -0.4 is 0 Å². The summed E-state index contributed by atoms with van der Waals surface area (Å²) in [6, 6.07) is 8.26. The lowest BCUT2D eigenvalue weighted by atomic mass is 10.0. The van der Waals surface area contributed by atoms with E-state index in [9.17, 15) is 0 Å². The molecule has 0 radical (unpaired) electrons. The normalized spacial score (nSPS) is 23.1. The summed E-state index contributed by atoms with van der Waals surface area (Å²) in [5, 5.41) is 0. The van der Waals surface area contributed by atoms with E-state index in [-0.39, 0.29) is 0 Å². The summed E-state index contributed by atoms with van der Waals surface area (Å²) in [7, 11) is 0. The molecule has 0 N–H and O–H groups in total. The first kappa shape index (κ1) is 11.0. The summed E-state index contributed by atoms with van der Waals surface area (Å²) in [5.41, 5.74) is 2.36. The van der Waals surface area contributed by atoms with Crippen LogP contribution in [0, 0.1) is 9.85 Å². The third-order valence-electron chi connectivity index (χ3n) is 2.60. The number of hydrogen-bond acceptors (Lipinski definition) is 1. The molecule has 1 aliphatic rings. The first-order valence-corrected chi connectivity index (χ1v) is 6.30. The van der Waals surface area contributed by atoms with Crippen molar-refractivity contribution in [3.63, 3.8) is 0 Å². The van der Waals surface area contributed by atoms with Crippen LogP contribution in [0.4, 0.5) is 0 Å². The molecule has 0 saturated carbocycles. The number of epoxide rings is 1. The van der Waals surface area contributed by atoms with Crippen molar-refractivity contribution in [3.05, 3.63) is 35.4 Å². The van der Waals surface area contributed by atoms with Gasteiger partial charge in [-0.3, -0.25) is 0 Å². The predicted molar refractivity (Wildman–Crippen MR) is 69.9 cm³/mol. The Morgan fingerprint density at radius 3 is 2.93 bits per heavy atom. The van der Waals surface area contributed by atoms with Crippen molar-refractivity contribution in [2.75, 3.05) is 0 Å². The van der Waals surface area contributed by atoms with E-state index in [1.54, 1.807) is 0 Å². The minimum atomic E-state index is 0.290. The second-order valence-electron chi connectivity index (χ2n) is 3.69. The number of benzene rings is 1. The van der Waals surface area contributed by atoms with Crippen molar-refractivity contribution < 1.29 is 4.74 Å². The SMILES string of the molecule is CCCC1OC1c1ccccc1C#CI. The molecule has 0 spiro atoms. The molecule has 78 valence electrons. The third-order valence-corrected chi connectivity index (χ3v) is 2.87. The Balaban J connectivity index is 2.17. The Hall–Kier alpha value is -0.530. The molecule has 1 nitrogen and oxygen atoms in total. The third kappa shape index (κ3) is 2.53. The summed E-state index contributed by atoms with van der Waals surface area (Å²) in [5.74, 6) is 3.12. The van der Waals surface area contributed by atoms with Gasteiger partial charge in [-0.1, -0.05) is 37.5 Å². The van der Waals surface area contributed by atoms with E-state index in [4.69, 9.17) is 4.74 Å². The highest BCUT2D eigenvalue weighted by Crippen LogP contribution is 2.42. The molecule has 2 rings (SSSR count). The van der Waals surface area contributed by atoms with Gasteiger partial charge >= 0.3 is 0 Å². The first-order chi connectivity index (χ1) is 7.36. The minimum Gasteiger partial charge on any atom is -0.364 e. The van der Waals surface area contributed by atoms with Gasteiger partial charge < -0.3 is 4.74 Å². The van der Waals surface area contributed by atoms with Gasteiger partial charge in [0.05, 0.1) is 6.10 Å². The summed E-state index contributed by atoms with van der Waals surface area (Å²) in [4.78, 5) is 0. The molecule has 2 atom stereocenters. The van der Waals surface area contributed by atoms with Crippen molar-refractivity contribution in [3.8, 4) is 9.85 Å². The largest absolute Gasteiger partial charge is 0.364 e. The average Bonchev–Trinajstić information content (AvgIpc) is 2.99. The van der Waals surface area contributed by atoms with Gasteiger partial charge in [0.15, 0.2) is 0 Å². The Bertz CT molecular complexity index is 402. The maximum absolute atomic E-state index is 5.66. The van der Waals surface area contributed by atoms with E-state index in [1.165, 1.54) is 12.0 Å². The molecule has 2 unspecified atom stereocenters. The molecular formula is C13H13IO. The number of ether oxygens (including phenoxy) is 1.